The standard InChI is InChI=1S/C11H16S2/c1-2-10(8-12)9-13-11-6-4-3-5-7-11/h3-7,10,12H,2,8-9H2,1H3. The molecular formula is C11H16S2. The van der Waals surface area contributed by atoms with E-state index in [2.05, 4.69) is 49.9 Å². The first kappa shape index (κ1) is 11.0. The van der Waals surface area contributed by atoms with Crippen molar-refractivity contribution in [1.82, 2.24) is 0 Å². The van der Waals surface area contributed by atoms with Crippen molar-refractivity contribution >= 4 is 24.4 Å². The fourth-order valence-electron chi connectivity index (χ4n) is 1.03. The van der Waals surface area contributed by atoms with Crippen LogP contribution in [0.4, 0.5) is 0 Å². The Bertz CT molecular complexity index is 217. The summed E-state index contributed by atoms with van der Waals surface area (Å²) >= 11 is 6.26. The molecule has 1 unspecified atom stereocenters. The molecule has 0 nitrogen and oxygen atoms in total. The average molecular weight is 212 g/mol. The monoisotopic (exact) mass is 212 g/mol. The molecular weight excluding hydrogens is 196 g/mol. The molecule has 2 heteroatoms. The molecule has 0 bridgehead atoms. The van der Waals surface area contributed by atoms with Gasteiger partial charge in [-0.3, -0.25) is 0 Å². The highest BCUT2D eigenvalue weighted by Crippen LogP contribution is 2.21. The minimum atomic E-state index is 0.744. The molecule has 0 fully saturated rings. The highest BCUT2D eigenvalue weighted by atomic mass is 32.2. The third kappa shape index (κ3) is 4.10. The summed E-state index contributed by atoms with van der Waals surface area (Å²) in [7, 11) is 0. The van der Waals surface area contributed by atoms with Crippen LogP contribution in [-0.2, 0) is 0 Å². The number of thiol groups is 1. The molecule has 0 amide bonds. The molecule has 1 rings (SSSR count). The fourth-order valence-corrected chi connectivity index (χ4v) is 2.72. The van der Waals surface area contributed by atoms with Crippen molar-refractivity contribution < 1.29 is 0 Å². The highest BCUT2D eigenvalue weighted by molar-refractivity contribution is 7.99. The second kappa shape index (κ2) is 6.39. The predicted octanol–water partition coefficient (Wildman–Crippen LogP) is 3.73. The summed E-state index contributed by atoms with van der Waals surface area (Å²) in [4.78, 5) is 1.36. The first-order valence-corrected chi connectivity index (χ1v) is 6.27. The van der Waals surface area contributed by atoms with Gasteiger partial charge in [0.2, 0.25) is 0 Å². The molecule has 13 heavy (non-hydrogen) atoms. The van der Waals surface area contributed by atoms with Crippen LogP contribution in [0.5, 0.6) is 0 Å². The molecule has 0 heterocycles. The maximum Gasteiger partial charge on any atom is 0.00720 e. The van der Waals surface area contributed by atoms with Crippen LogP contribution in [0, 0.1) is 5.92 Å². The SMILES string of the molecule is CCC(CS)CSc1ccccc1. The molecule has 1 aromatic rings. The summed E-state index contributed by atoms with van der Waals surface area (Å²) in [5.74, 6) is 2.92. The van der Waals surface area contributed by atoms with Gasteiger partial charge in [-0.15, -0.1) is 11.8 Å². The minimum absolute atomic E-state index is 0.744. The molecule has 0 aromatic heterocycles. The van der Waals surface area contributed by atoms with Gasteiger partial charge in [-0.1, -0.05) is 31.5 Å². The van der Waals surface area contributed by atoms with E-state index in [0.717, 1.165) is 11.7 Å². The summed E-state index contributed by atoms with van der Waals surface area (Å²) in [5, 5.41) is 0. The van der Waals surface area contributed by atoms with Gasteiger partial charge in [0.05, 0.1) is 0 Å². The molecule has 72 valence electrons. The van der Waals surface area contributed by atoms with E-state index in [0.29, 0.717) is 0 Å². The molecule has 0 aliphatic heterocycles. The van der Waals surface area contributed by atoms with Crippen molar-refractivity contribution in [2.45, 2.75) is 18.2 Å². The van der Waals surface area contributed by atoms with Crippen molar-refractivity contribution in [3.8, 4) is 0 Å². The lowest BCUT2D eigenvalue weighted by atomic mass is 10.2. The largest absolute Gasteiger partial charge is 0.179 e. The van der Waals surface area contributed by atoms with Gasteiger partial charge in [0.15, 0.2) is 0 Å². The predicted molar refractivity (Wildman–Crippen MR) is 64.8 cm³/mol. The molecule has 0 aliphatic rings. The molecule has 0 spiro atoms. The van der Waals surface area contributed by atoms with E-state index in [1.54, 1.807) is 0 Å². The Labute approximate surface area is 90.5 Å². The number of hydrogen-bond acceptors (Lipinski definition) is 2. The quantitative estimate of drug-likeness (QED) is 0.573. The maximum absolute atomic E-state index is 4.33. The zero-order chi connectivity index (χ0) is 9.52. The zero-order valence-corrected chi connectivity index (χ0v) is 9.65. The second-order valence-corrected chi connectivity index (χ2v) is 4.54. The Morgan fingerprint density at radius 2 is 2.00 bits per heavy atom. The minimum Gasteiger partial charge on any atom is -0.179 e. The number of thioether (sulfide) groups is 1. The first-order valence-electron chi connectivity index (χ1n) is 4.65. The maximum atomic E-state index is 4.33. The van der Waals surface area contributed by atoms with E-state index < -0.39 is 0 Å². The van der Waals surface area contributed by atoms with Crippen molar-refractivity contribution in [2.75, 3.05) is 11.5 Å². The molecule has 0 aliphatic carbocycles. The van der Waals surface area contributed by atoms with E-state index in [9.17, 15) is 0 Å². The first-order chi connectivity index (χ1) is 6.36. The Morgan fingerprint density at radius 3 is 2.54 bits per heavy atom. The van der Waals surface area contributed by atoms with Gasteiger partial charge in [-0.25, -0.2) is 0 Å². The van der Waals surface area contributed by atoms with Gasteiger partial charge in [-0.05, 0) is 23.8 Å². The Balaban J connectivity index is 2.34. The van der Waals surface area contributed by atoms with Gasteiger partial charge in [-0.2, -0.15) is 12.6 Å². The van der Waals surface area contributed by atoms with Crippen LogP contribution >= 0.6 is 24.4 Å². The van der Waals surface area contributed by atoms with Crippen LogP contribution in [0.2, 0.25) is 0 Å². The van der Waals surface area contributed by atoms with E-state index in [4.69, 9.17) is 0 Å². The topological polar surface area (TPSA) is 0 Å². The van der Waals surface area contributed by atoms with Crippen molar-refractivity contribution in [1.29, 1.82) is 0 Å². The normalized spacial score (nSPS) is 12.8. The van der Waals surface area contributed by atoms with Crippen LogP contribution in [0.25, 0.3) is 0 Å². The summed E-state index contributed by atoms with van der Waals surface area (Å²) in [6, 6.07) is 10.6. The zero-order valence-electron chi connectivity index (χ0n) is 7.94. The molecule has 0 saturated carbocycles. The van der Waals surface area contributed by atoms with Gasteiger partial charge in [0, 0.05) is 10.6 Å². The van der Waals surface area contributed by atoms with E-state index in [1.807, 2.05) is 11.8 Å². The lowest BCUT2D eigenvalue weighted by Gasteiger charge is -2.10. The van der Waals surface area contributed by atoms with Crippen molar-refractivity contribution in [3.05, 3.63) is 30.3 Å². The lowest BCUT2D eigenvalue weighted by molar-refractivity contribution is 0.649. The van der Waals surface area contributed by atoms with Crippen molar-refractivity contribution in [3.63, 3.8) is 0 Å². The fraction of sp³-hybridized carbons (Fsp3) is 0.455. The van der Waals surface area contributed by atoms with Gasteiger partial charge in [0.25, 0.3) is 0 Å². The number of rotatable bonds is 5. The molecule has 0 N–H and O–H groups in total. The van der Waals surface area contributed by atoms with E-state index >= 15 is 0 Å². The summed E-state index contributed by atoms with van der Waals surface area (Å²) < 4.78 is 0. The summed E-state index contributed by atoms with van der Waals surface area (Å²) in [5.41, 5.74) is 0. The Morgan fingerprint density at radius 1 is 1.31 bits per heavy atom. The van der Waals surface area contributed by atoms with Crippen molar-refractivity contribution in [2.24, 2.45) is 5.92 Å². The van der Waals surface area contributed by atoms with Gasteiger partial charge < -0.3 is 0 Å². The van der Waals surface area contributed by atoms with Crippen LogP contribution in [0.3, 0.4) is 0 Å². The Hall–Kier alpha value is -0.0800. The third-order valence-corrected chi connectivity index (χ3v) is 3.82. The van der Waals surface area contributed by atoms with E-state index in [1.165, 1.54) is 17.1 Å². The lowest BCUT2D eigenvalue weighted by Crippen LogP contribution is -2.03. The third-order valence-electron chi connectivity index (χ3n) is 2.06. The van der Waals surface area contributed by atoms with Gasteiger partial charge >= 0.3 is 0 Å². The molecule has 0 saturated heterocycles. The van der Waals surface area contributed by atoms with Crippen LogP contribution in [-0.4, -0.2) is 11.5 Å². The number of hydrogen-bond donors (Lipinski definition) is 1. The van der Waals surface area contributed by atoms with Crippen LogP contribution < -0.4 is 0 Å². The molecule has 1 atom stereocenters. The van der Waals surface area contributed by atoms with E-state index in [-0.39, 0.29) is 0 Å². The summed E-state index contributed by atoms with van der Waals surface area (Å²) in [6.45, 7) is 2.23. The Kier molecular flexibility index (Phi) is 5.40. The second-order valence-electron chi connectivity index (χ2n) is 3.08. The summed E-state index contributed by atoms with van der Waals surface area (Å²) in [6.07, 6.45) is 1.23. The number of benzene rings is 1. The smallest absolute Gasteiger partial charge is 0.00720 e. The van der Waals surface area contributed by atoms with Gasteiger partial charge in [0.1, 0.15) is 0 Å². The highest BCUT2D eigenvalue weighted by Gasteiger charge is 2.03. The molecule has 0 radical (unpaired) electrons. The van der Waals surface area contributed by atoms with Crippen LogP contribution in [0.15, 0.2) is 35.2 Å². The van der Waals surface area contributed by atoms with Crippen LogP contribution in [0.1, 0.15) is 13.3 Å². The molecule has 1 aromatic carbocycles. The average Bonchev–Trinajstić information content (AvgIpc) is 2.21.